The van der Waals surface area contributed by atoms with Crippen molar-refractivity contribution in [3.63, 3.8) is 0 Å². The average Bonchev–Trinajstić information content (AvgIpc) is 2.46. The van der Waals surface area contributed by atoms with Gasteiger partial charge in [0.05, 0.1) is 6.54 Å². The first kappa shape index (κ1) is 16.7. The number of amides is 1. The smallest absolute Gasteiger partial charge is 0.238 e. The summed E-state index contributed by atoms with van der Waals surface area (Å²) in [5.41, 5.74) is 0.873. The normalized spacial score (nSPS) is 16.9. The molecule has 1 N–H and O–H groups in total. The van der Waals surface area contributed by atoms with Crippen molar-refractivity contribution in [3.05, 3.63) is 27.8 Å². The monoisotopic (exact) mass is 402 g/mol. The fourth-order valence-electron chi connectivity index (χ4n) is 2.57. The number of hydrogen-bond acceptors (Lipinski definition) is 3. The van der Waals surface area contributed by atoms with Gasteiger partial charge in [-0.25, -0.2) is 0 Å². The van der Waals surface area contributed by atoms with Crippen molar-refractivity contribution < 1.29 is 9.53 Å². The van der Waals surface area contributed by atoms with E-state index >= 15 is 0 Å². The molecule has 21 heavy (non-hydrogen) atoms. The molecule has 1 aliphatic rings. The van der Waals surface area contributed by atoms with Crippen LogP contribution in [-0.4, -0.2) is 43.7 Å². The van der Waals surface area contributed by atoms with E-state index < -0.39 is 0 Å². The molecule has 1 aromatic rings. The first-order valence-corrected chi connectivity index (χ1v) is 8.60. The maximum Gasteiger partial charge on any atom is 0.238 e. The first-order chi connectivity index (χ1) is 10.2. The number of anilines is 1. The molecule has 5 heteroatoms. The second-order valence-corrected chi connectivity index (χ2v) is 6.68. The Morgan fingerprint density at radius 1 is 1.43 bits per heavy atom. The second kappa shape index (κ2) is 8.70. The van der Waals surface area contributed by atoms with Gasteiger partial charge in [0, 0.05) is 22.5 Å². The lowest BCUT2D eigenvalue weighted by atomic mass is 9.98. The summed E-state index contributed by atoms with van der Waals surface area (Å²) in [5, 5.41) is 2.97. The van der Waals surface area contributed by atoms with E-state index in [4.69, 9.17) is 4.74 Å². The van der Waals surface area contributed by atoms with E-state index in [0.717, 1.165) is 48.4 Å². The van der Waals surface area contributed by atoms with Crippen molar-refractivity contribution in [2.45, 2.75) is 19.8 Å². The van der Waals surface area contributed by atoms with Crippen molar-refractivity contribution in [3.8, 4) is 0 Å². The Hall–Kier alpha value is -0.660. The largest absolute Gasteiger partial charge is 0.381 e. The van der Waals surface area contributed by atoms with Crippen LogP contribution in [0.1, 0.15) is 19.8 Å². The number of nitrogens with zero attached hydrogens (tertiary/aromatic N) is 1. The van der Waals surface area contributed by atoms with E-state index in [1.807, 2.05) is 31.2 Å². The van der Waals surface area contributed by atoms with Gasteiger partial charge in [-0.3, -0.25) is 9.69 Å². The standard InChI is InChI=1S/C16H23IN2O2/c1-2-21-12-13-6-8-19(9-7-13)11-16(20)18-15-5-3-4-14(17)10-15/h3-5,10,13H,2,6-9,11-12H2,1H3,(H,18,20). The molecule has 1 amide bonds. The molecule has 0 aromatic heterocycles. The van der Waals surface area contributed by atoms with Crippen LogP contribution in [0.3, 0.4) is 0 Å². The van der Waals surface area contributed by atoms with Crippen LogP contribution in [0.25, 0.3) is 0 Å². The van der Waals surface area contributed by atoms with Crippen molar-refractivity contribution in [2.75, 3.05) is 38.2 Å². The van der Waals surface area contributed by atoms with Crippen LogP contribution in [0, 0.1) is 9.49 Å². The molecule has 0 unspecified atom stereocenters. The number of likely N-dealkylation sites (tertiary alicyclic amines) is 1. The van der Waals surface area contributed by atoms with E-state index in [1.165, 1.54) is 0 Å². The highest BCUT2D eigenvalue weighted by Gasteiger charge is 2.20. The Balaban J connectivity index is 1.72. The molecular weight excluding hydrogens is 379 g/mol. The topological polar surface area (TPSA) is 41.6 Å². The summed E-state index contributed by atoms with van der Waals surface area (Å²) in [6.45, 7) is 6.13. The zero-order valence-corrected chi connectivity index (χ0v) is 14.6. The molecule has 1 aromatic carbocycles. The van der Waals surface area contributed by atoms with Gasteiger partial charge in [-0.15, -0.1) is 0 Å². The molecule has 4 nitrogen and oxygen atoms in total. The van der Waals surface area contributed by atoms with Gasteiger partial charge in [-0.2, -0.15) is 0 Å². The SMILES string of the molecule is CCOCC1CCN(CC(=O)Nc2cccc(I)c2)CC1. The number of hydrogen-bond donors (Lipinski definition) is 1. The van der Waals surface area contributed by atoms with Gasteiger partial charge in [0.2, 0.25) is 5.91 Å². The molecule has 0 saturated carbocycles. The maximum atomic E-state index is 12.1. The third-order valence-corrected chi connectivity index (χ3v) is 4.41. The molecule has 1 fully saturated rings. The van der Waals surface area contributed by atoms with Crippen LogP contribution in [0.2, 0.25) is 0 Å². The zero-order valence-electron chi connectivity index (χ0n) is 12.5. The lowest BCUT2D eigenvalue weighted by Crippen LogP contribution is -2.40. The summed E-state index contributed by atoms with van der Waals surface area (Å²) in [4.78, 5) is 14.3. The Labute approximate surface area is 140 Å². The highest BCUT2D eigenvalue weighted by molar-refractivity contribution is 14.1. The fraction of sp³-hybridized carbons (Fsp3) is 0.562. The summed E-state index contributed by atoms with van der Waals surface area (Å²) in [7, 11) is 0. The number of halogens is 1. The van der Waals surface area contributed by atoms with Gasteiger partial charge in [-0.1, -0.05) is 6.07 Å². The van der Waals surface area contributed by atoms with Crippen molar-refractivity contribution >= 4 is 34.2 Å². The van der Waals surface area contributed by atoms with Crippen molar-refractivity contribution in [1.82, 2.24) is 4.90 Å². The molecule has 0 bridgehead atoms. The number of ether oxygens (including phenoxy) is 1. The summed E-state index contributed by atoms with van der Waals surface area (Å²) >= 11 is 2.25. The molecule has 0 radical (unpaired) electrons. The third-order valence-electron chi connectivity index (χ3n) is 3.74. The lowest BCUT2D eigenvalue weighted by molar-refractivity contribution is -0.117. The van der Waals surface area contributed by atoms with Gasteiger partial charge in [0.1, 0.15) is 0 Å². The Morgan fingerprint density at radius 2 is 2.19 bits per heavy atom. The Bertz CT molecular complexity index is 459. The highest BCUT2D eigenvalue weighted by Crippen LogP contribution is 2.17. The molecule has 0 atom stereocenters. The fourth-order valence-corrected chi connectivity index (χ4v) is 3.11. The molecule has 1 heterocycles. The van der Waals surface area contributed by atoms with Gasteiger partial charge < -0.3 is 10.1 Å². The van der Waals surface area contributed by atoms with Gasteiger partial charge in [-0.05, 0) is 79.6 Å². The molecule has 116 valence electrons. The Kier molecular flexibility index (Phi) is 6.92. The molecule has 1 saturated heterocycles. The minimum absolute atomic E-state index is 0.0697. The third kappa shape index (κ3) is 5.92. The van der Waals surface area contributed by atoms with Crippen molar-refractivity contribution in [1.29, 1.82) is 0 Å². The number of carbonyl (C=O) groups is 1. The minimum atomic E-state index is 0.0697. The molecule has 2 rings (SSSR count). The van der Waals surface area contributed by atoms with Crippen molar-refractivity contribution in [2.24, 2.45) is 5.92 Å². The quantitative estimate of drug-likeness (QED) is 0.744. The van der Waals surface area contributed by atoms with Crippen LogP contribution in [0.5, 0.6) is 0 Å². The summed E-state index contributed by atoms with van der Waals surface area (Å²) in [6, 6.07) is 7.87. The summed E-state index contributed by atoms with van der Waals surface area (Å²) < 4.78 is 6.61. The van der Waals surface area contributed by atoms with Gasteiger partial charge >= 0.3 is 0 Å². The maximum absolute atomic E-state index is 12.1. The molecule has 0 aliphatic carbocycles. The van der Waals surface area contributed by atoms with E-state index in [-0.39, 0.29) is 5.91 Å². The number of benzene rings is 1. The van der Waals surface area contributed by atoms with Crippen LogP contribution >= 0.6 is 22.6 Å². The lowest BCUT2D eigenvalue weighted by Gasteiger charge is -2.31. The number of rotatable bonds is 6. The van der Waals surface area contributed by atoms with Gasteiger partial charge in [0.15, 0.2) is 0 Å². The van der Waals surface area contributed by atoms with E-state index in [9.17, 15) is 4.79 Å². The van der Waals surface area contributed by atoms with E-state index in [0.29, 0.717) is 12.5 Å². The van der Waals surface area contributed by atoms with Crippen LogP contribution in [0.4, 0.5) is 5.69 Å². The average molecular weight is 402 g/mol. The number of nitrogens with one attached hydrogen (secondary N) is 1. The molecule has 0 spiro atoms. The summed E-state index contributed by atoms with van der Waals surface area (Å²) in [6.07, 6.45) is 2.24. The van der Waals surface area contributed by atoms with Gasteiger partial charge in [0.25, 0.3) is 0 Å². The first-order valence-electron chi connectivity index (χ1n) is 7.53. The number of carbonyl (C=O) groups excluding carboxylic acids is 1. The minimum Gasteiger partial charge on any atom is -0.381 e. The van der Waals surface area contributed by atoms with E-state index in [1.54, 1.807) is 0 Å². The predicted octanol–water partition coefficient (Wildman–Crippen LogP) is 2.98. The van der Waals surface area contributed by atoms with Crippen LogP contribution in [0.15, 0.2) is 24.3 Å². The molecular formula is C16H23IN2O2. The highest BCUT2D eigenvalue weighted by atomic mass is 127. The predicted molar refractivity (Wildman–Crippen MR) is 93.4 cm³/mol. The zero-order chi connectivity index (χ0) is 15.1. The van der Waals surface area contributed by atoms with Crippen LogP contribution in [-0.2, 0) is 9.53 Å². The van der Waals surface area contributed by atoms with Crippen LogP contribution < -0.4 is 5.32 Å². The Morgan fingerprint density at radius 3 is 2.86 bits per heavy atom. The summed E-state index contributed by atoms with van der Waals surface area (Å²) in [5.74, 6) is 0.722. The van der Waals surface area contributed by atoms with E-state index in [2.05, 4.69) is 32.8 Å². The number of piperidine rings is 1. The second-order valence-electron chi connectivity index (χ2n) is 5.44. The molecule has 1 aliphatic heterocycles.